The van der Waals surface area contributed by atoms with Crippen LogP contribution in [0, 0.1) is 0 Å². The van der Waals surface area contributed by atoms with Crippen LogP contribution in [0.5, 0.6) is 0 Å². The van der Waals surface area contributed by atoms with Crippen LogP contribution < -0.4 is 4.57 Å². The number of pyridine rings is 1. The molecule has 2 heteroatoms. The third-order valence-corrected chi connectivity index (χ3v) is 2.30. The van der Waals surface area contributed by atoms with Gasteiger partial charge in [-0.15, -0.1) is 0 Å². The first-order valence-electron chi connectivity index (χ1n) is 5.37. The quantitative estimate of drug-likeness (QED) is 0.392. The summed E-state index contributed by atoms with van der Waals surface area (Å²) in [4.78, 5) is 0. The van der Waals surface area contributed by atoms with Crippen LogP contribution in [0.25, 0.3) is 0 Å². The van der Waals surface area contributed by atoms with Gasteiger partial charge in [0.1, 0.15) is 6.54 Å². The molecule has 1 rings (SSSR count). The Morgan fingerprint density at radius 1 is 0.857 bits per heavy atom. The monoisotopic (exact) mass is 218 g/mol. The Balaban J connectivity index is 0.00000169. The number of unbranched alkanes of at least 4 members (excludes halogenated alkanes) is 4. The number of nitrogens with zero attached hydrogens (tertiary/aromatic N) is 1. The van der Waals surface area contributed by atoms with Crippen molar-refractivity contribution >= 4 is 37.7 Å². The second kappa shape index (κ2) is 9.95. The molecule has 0 N–H and O–H groups in total. The van der Waals surface area contributed by atoms with E-state index in [-0.39, 0.29) is 37.7 Å². The summed E-state index contributed by atoms with van der Waals surface area (Å²) in [5.41, 5.74) is 0. The molecule has 0 bridgehead atoms. The predicted octanol–water partition coefficient (Wildman–Crippen LogP) is 2.56. The Hall–Kier alpha value is 0.410. The third-order valence-electron chi connectivity index (χ3n) is 2.30. The molecule has 1 aromatic heterocycles. The van der Waals surface area contributed by atoms with Gasteiger partial charge in [-0.05, 0) is 6.42 Å². The van der Waals surface area contributed by atoms with Crippen molar-refractivity contribution in [3.8, 4) is 0 Å². The second-order valence-electron chi connectivity index (χ2n) is 3.53. The first-order valence-corrected chi connectivity index (χ1v) is 5.37. The Morgan fingerprint density at radius 3 is 2.14 bits per heavy atom. The predicted molar refractivity (Wildman–Crippen MR) is 61.2 cm³/mol. The van der Waals surface area contributed by atoms with Gasteiger partial charge >= 0.3 is 37.7 Å². The minimum atomic E-state index is 0. The first kappa shape index (κ1) is 14.4. The summed E-state index contributed by atoms with van der Waals surface area (Å²) in [6.07, 6.45) is 11.1. The molecule has 1 nitrogen and oxygen atoms in total. The molecule has 0 aromatic carbocycles. The van der Waals surface area contributed by atoms with Crippen LogP contribution in [0.1, 0.15) is 39.0 Å². The van der Waals surface area contributed by atoms with E-state index in [0.29, 0.717) is 0 Å². The maximum absolute atomic E-state index is 2.26. The molecule has 0 amide bonds. The van der Waals surface area contributed by atoms with Gasteiger partial charge < -0.3 is 0 Å². The van der Waals surface area contributed by atoms with Crippen molar-refractivity contribution in [3.63, 3.8) is 0 Å². The van der Waals surface area contributed by atoms with E-state index in [4.69, 9.17) is 0 Å². The van der Waals surface area contributed by atoms with Gasteiger partial charge in [0, 0.05) is 18.6 Å². The van der Waals surface area contributed by atoms with Crippen LogP contribution in [0.2, 0.25) is 0 Å². The molecule has 0 aliphatic carbocycles. The second-order valence-corrected chi connectivity index (χ2v) is 3.53. The summed E-state index contributed by atoms with van der Waals surface area (Å²) in [7, 11) is 0. The molecule has 0 saturated heterocycles. The topological polar surface area (TPSA) is 3.88 Å². The summed E-state index contributed by atoms with van der Waals surface area (Å²) in [5, 5.41) is 0. The van der Waals surface area contributed by atoms with Crippen molar-refractivity contribution in [2.75, 3.05) is 0 Å². The summed E-state index contributed by atoms with van der Waals surface area (Å²) >= 11 is 0. The van der Waals surface area contributed by atoms with Gasteiger partial charge in [0.2, 0.25) is 0 Å². The molecule has 0 aliphatic rings. The van der Waals surface area contributed by atoms with E-state index >= 15 is 0 Å². The van der Waals surface area contributed by atoms with E-state index in [9.17, 15) is 0 Å². The minimum absolute atomic E-state index is 0. The number of aryl methyl sites for hydroxylation is 1. The molecule has 0 fully saturated rings. The zero-order chi connectivity index (χ0) is 9.36. The van der Waals surface area contributed by atoms with Gasteiger partial charge in [0.15, 0.2) is 12.4 Å². The molecule has 0 saturated carbocycles. The minimum Gasteiger partial charge on any atom is -0.205 e. The smallest absolute Gasteiger partial charge is 0.205 e. The van der Waals surface area contributed by atoms with Gasteiger partial charge in [-0.2, -0.15) is 0 Å². The zero-order valence-electron chi connectivity index (χ0n) is 9.28. The Labute approximate surface area is 118 Å². The van der Waals surface area contributed by atoms with Crippen molar-refractivity contribution in [1.82, 2.24) is 0 Å². The summed E-state index contributed by atoms with van der Waals surface area (Å²) in [6.45, 7) is 3.43. The molecule has 0 spiro atoms. The fraction of sp³-hybridized carbons (Fsp3) is 0.583. The van der Waals surface area contributed by atoms with Crippen LogP contribution in [-0.2, 0) is 6.54 Å². The van der Waals surface area contributed by atoms with E-state index in [1.54, 1.807) is 0 Å². The number of hydrogen-bond acceptors (Lipinski definition) is 0. The molecule has 0 atom stereocenters. The maximum atomic E-state index is 2.26. The van der Waals surface area contributed by atoms with Gasteiger partial charge in [-0.1, -0.05) is 32.3 Å². The molecule has 1 heterocycles. The molecular weight excluding hydrogens is 198 g/mol. The number of aromatic nitrogens is 1. The molecule has 72 valence electrons. The zero-order valence-corrected chi connectivity index (χ0v) is 11.5. The van der Waals surface area contributed by atoms with E-state index < -0.39 is 0 Å². The first-order chi connectivity index (χ1) is 6.43. The Bertz CT molecular complexity index is 211. The third kappa shape index (κ3) is 6.80. The van der Waals surface area contributed by atoms with Crippen LogP contribution in [-0.4, -0.2) is 37.7 Å². The van der Waals surface area contributed by atoms with Gasteiger partial charge in [0.25, 0.3) is 0 Å². The molecule has 0 radical (unpaired) electrons. The maximum Gasteiger partial charge on any atom is 2.00 e. The summed E-state index contributed by atoms with van der Waals surface area (Å²) in [5.74, 6) is 0. The normalized spacial score (nSPS) is 9.50. The molecule has 1 aromatic rings. The van der Waals surface area contributed by atoms with Crippen molar-refractivity contribution in [2.24, 2.45) is 0 Å². The van der Waals surface area contributed by atoms with E-state index in [1.165, 1.54) is 38.6 Å². The van der Waals surface area contributed by atoms with Crippen LogP contribution in [0.15, 0.2) is 30.6 Å². The van der Waals surface area contributed by atoms with Gasteiger partial charge in [-0.3, -0.25) is 0 Å². The van der Waals surface area contributed by atoms with Crippen molar-refractivity contribution in [3.05, 3.63) is 30.6 Å². The standard InChI is InChI=1S/C12H20N.Ca/c1-2-3-4-5-7-10-13-11-8-6-9-12-13;/h6,8-9,11-12H,2-5,7,10H2,1H3;/q+1;+2. The van der Waals surface area contributed by atoms with E-state index in [2.05, 4.69) is 42.1 Å². The fourth-order valence-electron chi connectivity index (χ4n) is 1.48. The molecular formula is C12H20CaN+3. The van der Waals surface area contributed by atoms with Crippen LogP contribution in [0.4, 0.5) is 0 Å². The van der Waals surface area contributed by atoms with Crippen molar-refractivity contribution in [1.29, 1.82) is 0 Å². The van der Waals surface area contributed by atoms with E-state index in [1.807, 2.05) is 0 Å². The molecule has 14 heavy (non-hydrogen) atoms. The molecule has 0 unspecified atom stereocenters. The summed E-state index contributed by atoms with van der Waals surface area (Å²) < 4.78 is 2.26. The average Bonchev–Trinajstić information content (AvgIpc) is 2.19. The van der Waals surface area contributed by atoms with Crippen LogP contribution >= 0.6 is 0 Å². The summed E-state index contributed by atoms with van der Waals surface area (Å²) in [6, 6.07) is 6.24. The number of rotatable bonds is 6. The van der Waals surface area contributed by atoms with Crippen molar-refractivity contribution < 1.29 is 4.57 Å². The Kier molecular flexibility index (Phi) is 10.2. The average molecular weight is 218 g/mol. The number of hydrogen-bond donors (Lipinski definition) is 0. The SMILES string of the molecule is CCCCCCC[n+]1ccccc1.[Ca+2]. The fourth-order valence-corrected chi connectivity index (χ4v) is 1.48. The Morgan fingerprint density at radius 2 is 1.50 bits per heavy atom. The van der Waals surface area contributed by atoms with Gasteiger partial charge in [0.05, 0.1) is 0 Å². The largest absolute Gasteiger partial charge is 2.00 e. The van der Waals surface area contributed by atoms with Gasteiger partial charge in [-0.25, -0.2) is 4.57 Å². The molecule has 0 aliphatic heterocycles. The van der Waals surface area contributed by atoms with E-state index in [0.717, 1.165) is 0 Å². The van der Waals surface area contributed by atoms with Crippen LogP contribution in [0.3, 0.4) is 0 Å². The van der Waals surface area contributed by atoms with Crippen molar-refractivity contribution in [2.45, 2.75) is 45.6 Å².